The average Bonchev–Trinajstić information content (AvgIpc) is 3.13. The maximum Gasteiger partial charge on any atom is 0.262 e. The minimum atomic E-state index is -2.79. The molecule has 0 bridgehead atoms. The molecule has 1 N–H and O–H groups in total. The third-order valence-corrected chi connectivity index (χ3v) is 5.13. The van der Waals surface area contributed by atoms with Gasteiger partial charge in [-0.2, -0.15) is 0 Å². The van der Waals surface area contributed by atoms with Gasteiger partial charge in [0.1, 0.15) is 0 Å². The van der Waals surface area contributed by atoms with E-state index in [0.717, 1.165) is 38.9 Å². The van der Waals surface area contributed by atoms with Crippen LogP contribution in [-0.2, 0) is 9.59 Å². The fourth-order valence-corrected chi connectivity index (χ4v) is 3.72. The van der Waals surface area contributed by atoms with Gasteiger partial charge in [0.15, 0.2) is 0 Å². The summed E-state index contributed by atoms with van der Waals surface area (Å²) in [5, 5.41) is 2.63. The lowest BCUT2D eigenvalue weighted by Gasteiger charge is -2.25. The van der Waals surface area contributed by atoms with Crippen LogP contribution in [0.3, 0.4) is 0 Å². The van der Waals surface area contributed by atoms with Crippen LogP contribution in [0.2, 0.25) is 0 Å². The zero-order valence-electron chi connectivity index (χ0n) is 14.0. The molecule has 1 unspecified atom stereocenters. The first kappa shape index (κ1) is 17.5. The van der Waals surface area contributed by atoms with Crippen molar-refractivity contribution >= 4 is 11.8 Å². The molecule has 3 heterocycles. The zero-order valence-corrected chi connectivity index (χ0v) is 14.0. The maximum absolute atomic E-state index is 13.3. The Kier molecular flexibility index (Phi) is 5.34. The number of carbonyl (C=O) groups excluding carboxylic acids is 2. The van der Waals surface area contributed by atoms with Crippen molar-refractivity contribution in [2.24, 2.45) is 0 Å². The molecule has 1 atom stereocenters. The second-order valence-corrected chi connectivity index (χ2v) is 7.04. The van der Waals surface area contributed by atoms with Gasteiger partial charge in [-0.15, -0.1) is 0 Å². The highest BCUT2D eigenvalue weighted by molar-refractivity contribution is 5.82. The van der Waals surface area contributed by atoms with Crippen LogP contribution in [0, 0.1) is 0 Å². The quantitative estimate of drug-likeness (QED) is 0.791. The third-order valence-electron chi connectivity index (χ3n) is 5.13. The first-order valence-electron chi connectivity index (χ1n) is 8.85. The predicted molar refractivity (Wildman–Crippen MR) is 84.8 cm³/mol. The Balaban J connectivity index is 1.48. The molecule has 0 spiro atoms. The Morgan fingerprint density at radius 1 is 0.958 bits per heavy atom. The molecular formula is C16H26F2N4O2. The number of carbonyl (C=O) groups is 2. The Morgan fingerprint density at radius 3 is 2.33 bits per heavy atom. The highest BCUT2D eigenvalue weighted by Crippen LogP contribution is 2.26. The molecule has 2 amide bonds. The molecule has 0 saturated carbocycles. The molecule has 24 heavy (non-hydrogen) atoms. The summed E-state index contributed by atoms with van der Waals surface area (Å²) in [5.41, 5.74) is 0. The van der Waals surface area contributed by atoms with E-state index in [-0.39, 0.29) is 11.8 Å². The van der Waals surface area contributed by atoms with Crippen molar-refractivity contribution in [3.63, 3.8) is 0 Å². The van der Waals surface area contributed by atoms with Gasteiger partial charge in [-0.1, -0.05) is 0 Å². The van der Waals surface area contributed by atoms with Crippen LogP contribution in [0.4, 0.5) is 8.78 Å². The molecule has 0 radical (unpaired) electrons. The second kappa shape index (κ2) is 7.31. The standard InChI is InChI=1S/C16H26F2N4O2/c17-16(18)10-13(19-12-16)15(24)22-7-3-4-20(8-9-22)11-14(23)21-5-1-2-6-21/h13,19H,1-12H2. The summed E-state index contributed by atoms with van der Waals surface area (Å²) in [6, 6.07) is -0.780. The molecule has 0 aromatic carbocycles. The summed E-state index contributed by atoms with van der Waals surface area (Å²) in [4.78, 5) is 30.3. The van der Waals surface area contributed by atoms with Crippen molar-refractivity contribution in [1.82, 2.24) is 20.0 Å². The molecule has 0 aromatic rings. The van der Waals surface area contributed by atoms with E-state index in [1.165, 1.54) is 0 Å². The molecular weight excluding hydrogens is 318 g/mol. The molecule has 3 rings (SSSR count). The number of alkyl halides is 2. The van der Waals surface area contributed by atoms with Crippen LogP contribution in [0.1, 0.15) is 25.7 Å². The van der Waals surface area contributed by atoms with Gasteiger partial charge in [-0.25, -0.2) is 8.78 Å². The minimum absolute atomic E-state index is 0.157. The van der Waals surface area contributed by atoms with Crippen molar-refractivity contribution < 1.29 is 18.4 Å². The molecule has 3 fully saturated rings. The van der Waals surface area contributed by atoms with Crippen molar-refractivity contribution in [1.29, 1.82) is 0 Å². The van der Waals surface area contributed by atoms with Crippen LogP contribution in [0.5, 0.6) is 0 Å². The molecule has 6 nitrogen and oxygen atoms in total. The van der Waals surface area contributed by atoms with E-state index < -0.39 is 24.9 Å². The monoisotopic (exact) mass is 344 g/mol. The van der Waals surface area contributed by atoms with Crippen LogP contribution in [0.15, 0.2) is 0 Å². The van der Waals surface area contributed by atoms with Crippen molar-refractivity contribution in [3.8, 4) is 0 Å². The highest BCUT2D eigenvalue weighted by Gasteiger charge is 2.43. The molecule has 0 aromatic heterocycles. The van der Waals surface area contributed by atoms with Crippen LogP contribution < -0.4 is 5.32 Å². The van der Waals surface area contributed by atoms with Crippen LogP contribution in [0.25, 0.3) is 0 Å². The summed E-state index contributed by atoms with van der Waals surface area (Å²) >= 11 is 0. The van der Waals surface area contributed by atoms with Crippen LogP contribution >= 0.6 is 0 Å². The lowest BCUT2D eigenvalue weighted by Crippen LogP contribution is -2.45. The first-order chi connectivity index (χ1) is 11.4. The average molecular weight is 344 g/mol. The Morgan fingerprint density at radius 2 is 1.67 bits per heavy atom. The van der Waals surface area contributed by atoms with E-state index in [1.54, 1.807) is 4.90 Å². The molecule has 3 saturated heterocycles. The van der Waals surface area contributed by atoms with Gasteiger partial charge in [0.2, 0.25) is 11.8 Å². The highest BCUT2D eigenvalue weighted by atomic mass is 19.3. The number of rotatable bonds is 3. The van der Waals surface area contributed by atoms with Gasteiger partial charge in [-0.05, 0) is 19.3 Å². The fraction of sp³-hybridized carbons (Fsp3) is 0.875. The number of amides is 2. The number of likely N-dealkylation sites (tertiary alicyclic amines) is 1. The van der Waals surface area contributed by atoms with E-state index in [4.69, 9.17) is 0 Å². The lowest BCUT2D eigenvalue weighted by atomic mass is 10.1. The van der Waals surface area contributed by atoms with Crippen molar-refractivity contribution in [2.45, 2.75) is 37.6 Å². The first-order valence-corrected chi connectivity index (χ1v) is 8.85. The van der Waals surface area contributed by atoms with Gasteiger partial charge >= 0.3 is 0 Å². The lowest BCUT2D eigenvalue weighted by molar-refractivity contribution is -0.133. The maximum atomic E-state index is 13.3. The summed E-state index contributed by atoms with van der Waals surface area (Å²) in [6.45, 7) is 4.10. The predicted octanol–water partition coefficient (Wildman–Crippen LogP) is 0.140. The van der Waals surface area contributed by atoms with Gasteiger partial charge in [0.05, 0.1) is 19.1 Å². The molecule has 136 valence electrons. The number of hydrogen-bond acceptors (Lipinski definition) is 4. The van der Waals surface area contributed by atoms with Crippen molar-refractivity contribution in [2.75, 3.05) is 52.4 Å². The van der Waals surface area contributed by atoms with Gasteiger partial charge < -0.3 is 9.80 Å². The molecule has 8 heteroatoms. The number of halogens is 2. The summed E-state index contributed by atoms with van der Waals surface area (Å²) < 4.78 is 26.5. The smallest absolute Gasteiger partial charge is 0.262 e. The van der Waals surface area contributed by atoms with Crippen molar-refractivity contribution in [3.05, 3.63) is 0 Å². The normalized spacial score (nSPS) is 28.2. The second-order valence-electron chi connectivity index (χ2n) is 7.04. The number of nitrogens with zero attached hydrogens (tertiary/aromatic N) is 3. The van der Waals surface area contributed by atoms with E-state index in [2.05, 4.69) is 10.2 Å². The van der Waals surface area contributed by atoms with Crippen LogP contribution in [-0.4, -0.2) is 90.8 Å². The summed E-state index contributed by atoms with van der Waals surface area (Å²) in [6.07, 6.45) is 2.50. The number of hydrogen-bond donors (Lipinski definition) is 1. The van der Waals surface area contributed by atoms with Gasteiger partial charge in [0.25, 0.3) is 5.92 Å². The van der Waals surface area contributed by atoms with E-state index in [9.17, 15) is 18.4 Å². The Hall–Kier alpha value is -1.28. The Labute approximate surface area is 141 Å². The van der Waals surface area contributed by atoms with E-state index >= 15 is 0 Å². The molecule has 3 aliphatic heterocycles. The molecule has 3 aliphatic rings. The summed E-state index contributed by atoms with van der Waals surface area (Å²) in [5.74, 6) is -2.87. The van der Waals surface area contributed by atoms with Gasteiger partial charge in [-0.3, -0.25) is 19.8 Å². The topological polar surface area (TPSA) is 55.9 Å². The van der Waals surface area contributed by atoms with E-state index in [1.807, 2.05) is 4.90 Å². The van der Waals surface area contributed by atoms with E-state index in [0.29, 0.717) is 26.2 Å². The number of nitrogens with one attached hydrogen (secondary N) is 1. The third kappa shape index (κ3) is 4.22. The fourth-order valence-electron chi connectivity index (χ4n) is 3.72. The minimum Gasteiger partial charge on any atom is -0.342 e. The zero-order chi connectivity index (χ0) is 17.2. The Bertz CT molecular complexity index is 483. The molecule has 0 aliphatic carbocycles. The largest absolute Gasteiger partial charge is 0.342 e. The SMILES string of the molecule is O=C(CN1CCCN(C(=O)C2CC(F)(F)CN2)CC1)N1CCCC1. The van der Waals surface area contributed by atoms with Gasteiger partial charge in [0, 0.05) is 45.7 Å². The summed E-state index contributed by atoms with van der Waals surface area (Å²) in [7, 11) is 0.